The molecule has 0 aromatic rings. The number of aliphatic hydroxyl groups is 1. The van der Waals surface area contributed by atoms with Crippen molar-refractivity contribution >= 4 is 0 Å². The van der Waals surface area contributed by atoms with Crippen molar-refractivity contribution in [2.75, 3.05) is 6.61 Å². The molecule has 0 radical (unpaired) electrons. The molecular formula is C8H16O2. The van der Waals surface area contributed by atoms with Gasteiger partial charge in [0.1, 0.15) is 0 Å². The van der Waals surface area contributed by atoms with Gasteiger partial charge >= 0.3 is 0 Å². The molecular weight excluding hydrogens is 128 g/mol. The summed E-state index contributed by atoms with van der Waals surface area (Å²) in [6, 6.07) is 0. The van der Waals surface area contributed by atoms with E-state index in [2.05, 4.69) is 13.8 Å². The van der Waals surface area contributed by atoms with E-state index in [-0.39, 0.29) is 12.2 Å². The van der Waals surface area contributed by atoms with Crippen molar-refractivity contribution in [3.63, 3.8) is 0 Å². The summed E-state index contributed by atoms with van der Waals surface area (Å²) in [6.45, 7) is 4.98. The minimum Gasteiger partial charge on any atom is -0.393 e. The minimum absolute atomic E-state index is 0.124. The fourth-order valence-corrected chi connectivity index (χ4v) is 1.27. The van der Waals surface area contributed by atoms with Gasteiger partial charge in [-0.05, 0) is 18.8 Å². The first-order valence-electron chi connectivity index (χ1n) is 4.00. The van der Waals surface area contributed by atoms with E-state index < -0.39 is 0 Å². The van der Waals surface area contributed by atoms with Crippen LogP contribution < -0.4 is 0 Å². The molecule has 2 nitrogen and oxygen atoms in total. The molecule has 1 aliphatic rings. The molecule has 0 saturated carbocycles. The maximum absolute atomic E-state index is 9.25. The SMILES string of the molecule is CC(C)[C@@H]1C[C@H](O)CCO1. The number of ether oxygens (including phenoxy) is 1. The number of aliphatic hydroxyl groups excluding tert-OH is 1. The van der Waals surface area contributed by atoms with Crippen LogP contribution in [0.3, 0.4) is 0 Å². The molecule has 0 spiro atoms. The Balaban J connectivity index is 2.32. The molecule has 1 fully saturated rings. The Morgan fingerprint density at radius 3 is 2.60 bits per heavy atom. The third-order valence-electron chi connectivity index (χ3n) is 2.03. The lowest BCUT2D eigenvalue weighted by atomic mass is 9.97. The average molecular weight is 144 g/mol. The van der Waals surface area contributed by atoms with Crippen molar-refractivity contribution < 1.29 is 9.84 Å². The fraction of sp³-hybridized carbons (Fsp3) is 1.00. The molecule has 0 bridgehead atoms. The summed E-state index contributed by atoms with van der Waals surface area (Å²) in [4.78, 5) is 0. The zero-order valence-electron chi connectivity index (χ0n) is 6.71. The van der Waals surface area contributed by atoms with Gasteiger partial charge in [0.15, 0.2) is 0 Å². The van der Waals surface area contributed by atoms with Crippen LogP contribution >= 0.6 is 0 Å². The molecule has 2 atom stereocenters. The second-order valence-corrected chi connectivity index (χ2v) is 3.33. The molecule has 1 aliphatic heterocycles. The summed E-state index contributed by atoms with van der Waals surface area (Å²) in [5.74, 6) is 0.537. The summed E-state index contributed by atoms with van der Waals surface area (Å²) >= 11 is 0. The molecule has 0 aromatic heterocycles. The molecule has 0 unspecified atom stereocenters. The third-order valence-corrected chi connectivity index (χ3v) is 2.03. The Bertz CT molecular complexity index is 101. The van der Waals surface area contributed by atoms with E-state index in [0.29, 0.717) is 5.92 Å². The van der Waals surface area contributed by atoms with Crippen molar-refractivity contribution in [2.24, 2.45) is 5.92 Å². The van der Waals surface area contributed by atoms with E-state index in [0.717, 1.165) is 19.4 Å². The number of rotatable bonds is 1. The van der Waals surface area contributed by atoms with E-state index in [4.69, 9.17) is 4.74 Å². The molecule has 0 amide bonds. The minimum atomic E-state index is -0.124. The molecule has 0 aromatic carbocycles. The summed E-state index contributed by atoms with van der Waals surface area (Å²) in [5, 5.41) is 9.25. The highest BCUT2D eigenvalue weighted by Gasteiger charge is 2.22. The normalized spacial score (nSPS) is 34.8. The lowest BCUT2D eigenvalue weighted by Gasteiger charge is -2.29. The van der Waals surface area contributed by atoms with Gasteiger partial charge in [-0.2, -0.15) is 0 Å². The number of hydrogen-bond acceptors (Lipinski definition) is 2. The van der Waals surface area contributed by atoms with Crippen LogP contribution in [0.15, 0.2) is 0 Å². The van der Waals surface area contributed by atoms with E-state index in [9.17, 15) is 5.11 Å². The summed E-state index contributed by atoms with van der Waals surface area (Å²) in [7, 11) is 0. The second kappa shape index (κ2) is 3.35. The van der Waals surface area contributed by atoms with Crippen molar-refractivity contribution in [1.29, 1.82) is 0 Å². The maximum atomic E-state index is 9.25. The van der Waals surface area contributed by atoms with Crippen LogP contribution in [-0.4, -0.2) is 23.9 Å². The van der Waals surface area contributed by atoms with Gasteiger partial charge in [0.25, 0.3) is 0 Å². The van der Waals surface area contributed by atoms with Crippen molar-refractivity contribution in [3.8, 4) is 0 Å². The Morgan fingerprint density at radius 1 is 1.50 bits per heavy atom. The van der Waals surface area contributed by atoms with Crippen LogP contribution in [0.4, 0.5) is 0 Å². The molecule has 2 heteroatoms. The Labute approximate surface area is 62.2 Å². The van der Waals surface area contributed by atoms with Crippen molar-refractivity contribution in [1.82, 2.24) is 0 Å². The Hall–Kier alpha value is -0.0800. The highest BCUT2D eigenvalue weighted by molar-refractivity contribution is 4.72. The van der Waals surface area contributed by atoms with Crippen LogP contribution in [0.1, 0.15) is 26.7 Å². The van der Waals surface area contributed by atoms with Gasteiger partial charge in [0, 0.05) is 6.61 Å². The van der Waals surface area contributed by atoms with E-state index >= 15 is 0 Å². The molecule has 1 rings (SSSR count). The summed E-state index contributed by atoms with van der Waals surface area (Å²) in [6.07, 6.45) is 1.78. The Morgan fingerprint density at radius 2 is 2.20 bits per heavy atom. The largest absolute Gasteiger partial charge is 0.393 e. The first-order chi connectivity index (χ1) is 4.70. The zero-order chi connectivity index (χ0) is 7.56. The summed E-state index contributed by atoms with van der Waals surface area (Å²) in [5.41, 5.74) is 0. The molecule has 60 valence electrons. The van der Waals surface area contributed by atoms with Crippen LogP contribution in [0.2, 0.25) is 0 Å². The second-order valence-electron chi connectivity index (χ2n) is 3.33. The smallest absolute Gasteiger partial charge is 0.0622 e. The fourth-order valence-electron chi connectivity index (χ4n) is 1.27. The molecule has 10 heavy (non-hydrogen) atoms. The first-order valence-corrected chi connectivity index (χ1v) is 4.00. The van der Waals surface area contributed by atoms with Gasteiger partial charge in [-0.3, -0.25) is 0 Å². The van der Waals surface area contributed by atoms with E-state index in [1.54, 1.807) is 0 Å². The average Bonchev–Trinajstić information content (AvgIpc) is 1.88. The van der Waals surface area contributed by atoms with Gasteiger partial charge in [0.05, 0.1) is 12.2 Å². The van der Waals surface area contributed by atoms with Crippen LogP contribution in [0, 0.1) is 5.92 Å². The third kappa shape index (κ3) is 1.96. The van der Waals surface area contributed by atoms with E-state index in [1.807, 2.05) is 0 Å². The van der Waals surface area contributed by atoms with Crippen LogP contribution in [0.5, 0.6) is 0 Å². The predicted octanol–water partition coefficient (Wildman–Crippen LogP) is 1.18. The van der Waals surface area contributed by atoms with Gasteiger partial charge in [-0.25, -0.2) is 0 Å². The molecule has 1 saturated heterocycles. The van der Waals surface area contributed by atoms with Gasteiger partial charge in [-0.1, -0.05) is 13.8 Å². The lowest BCUT2D eigenvalue weighted by Crippen LogP contribution is -2.32. The van der Waals surface area contributed by atoms with Crippen LogP contribution in [-0.2, 0) is 4.74 Å². The van der Waals surface area contributed by atoms with E-state index in [1.165, 1.54) is 0 Å². The van der Waals surface area contributed by atoms with Gasteiger partial charge < -0.3 is 9.84 Å². The highest BCUT2D eigenvalue weighted by Crippen LogP contribution is 2.19. The quantitative estimate of drug-likeness (QED) is 0.599. The van der Waals surface area contributed by atoms with Crippen LogP contribution in [0.25, 0.3) is 0 Å². The topological polar surface area (TPSA) is 29.5 Å². The molecule has 1 N–H and O–H groups in total. The predicted molar refractivity (Wildman–Crippen MR) is 39.8 cm³/mol. The molecule has 1 heterocycles. The summed E-state index contributed by atoms with van der Waals surface area (Å²) < 4.78 is 5.45. The molecule has 0 aliphatic carbocycles. The van der Waals surface area contributed by atoms with Gasteiger partial charge in [-0.15, -0.1) is 0 Å². The standard InChI is InChI=1S/C8H16O2/c1-6(2)8-5-7(9)3-4-10-8/h6-9H,3-5H2,1-2H3/t7-,8+/m1/s1. The highest BCUT2D eigenvalue weighted by atomic mass is 16.5. The lowest BCUT2D eigenvalue weighted by molar-refractivity contribution is -0.0627. The Kier molecular flexibility index (Phi) is 2.69. The van der Waals surface area contributed by atoms with Crippen molar-refractivity contribution in [2.45, 2.75) is 38.9 Å². The zero-order valence-corrected chi connectivity index (χ0v) is 6.71. The van der Waals surface area contributed by atoms with Crippen molar-refractivity contribution in [3.05, 3.63) is 0 Å². The monoisotopic (exact) mass is 144 g/mol. The number of hydrogen-bond donors (Lipinski definition) is 1. The maximum Gasteiger partial charge on any atom is 0.0622 e. The van der Waals surface area contributed by atoms with Gasteiger partial charge in [0.2, 0.25) is 0 Å². The first kappa shape index (κ1) is 8.02.